The van der Waals surface area contributed by atoms with E-state index in [0.717, 1.165) is 35.1 Å². The minimum absolute atomic E-state index is 0.0966. The number of carbonyl (C=O) groups excluding carboxylic acids is 1. The fourth-order valence-electron chi connectivity index (χ4n) is 3.33. The smallest absolute Gasteiger partial charge is 0.253 e. The highest BCUT2D eigenvalue weighted by atomic mass is 35.5. The highest BCUT2D eigenvalue weighted by molar-refractivity contribution is 6.33. The summed E-state index contributed by atoms with van der Waals surface area (Å²) in [4.78, 5) is 16.7. The van der Waals surface area contributed by atoms with E-state index >= 15 is 0 Å². The van der Waals surface area contributed by atoms with E-state index in [-0.39, 0.29) is 5.91 Å². The molecule has 4 rings (SSSR count). The highest BCUT2D eigenvalue weighted by Crippen LogP contribution is 2.29. The zero-order valence-electron chi connectivity index (χ0n) is 14.4. The molecule has 0 bridgehead atoms. The Kier molecular flexibility index (Phi) is 4.67. The van der Waals surface area contributed by atoms with Gasteiger partial charge in [-0.3, -0.25) is 4.79 Å². The van der Waals surface area contributed by atoms with Crippen molar-refractivity contribution in [3.8, 4) is 5.69 Å². The Morgan fingerprint density at radius 2 is 1.54 bits per heavy atom. The summed E-state index contributed by atoms with van der Waals surface area (Å²) in [5.41, 5.74) is 2.81. The summed E-state index contributed by atoms with van der Waals surface area (Å²) in [7, 11) is 0. The Morgan fingerprint density at radius 1 is 0.846 bits per heavy atom. The molecule has 4 nitrogen and oxygen atoms in total. The van der Waals surface area contributed by atoms with E-state index < -0.39 is 0 Å². The number of amides is 1. The standard InChI is InChI=1S/C21H20ClN3O/c22-19-16-18(23-10-4-5-11-23)8-9-20(19)24-12-14-25(15-13-24)21(26)17-6-2-1-3-7-17/h1-11,16H,12-15H2. The third-order valence-electron chi connectivity index (χ3n) is 4.76. The van der Waals surface area contributed by atoms with E-state index in [1.165, 1.54) is 0 Å². The normalized spacial score (nSPS) is 14.5. The van der Waals surface area contributed by atoms with Gasteiger partial charge in [0.15, 0.2) is 0 Å². The first kappa shape index (κ1) is 16.7. The molecule has 1 aliphatic heterocycles. The summed E-state index contributed by atoms with van der Waals surface area (Å²) in [6, 6.07) is 19.6. The van der Waals surface area contributed by atoms with E-state index in [9.17, 15) is 4.79 Å². The molecule has 26 heavy (non-hydrogen) atoms. The zero-order valence-corrected chi connectivity index (χ0v) is 15.1. The minimum Gasteiger partial charge on any atom is -0.367 e. The molecule has 132 valence electrons. The molecular weight excluding hydrogens is 346 g/mol. The molecule has 5 heteroatoms. The molecule has 1 saturated heterocycles. The molecule has 2 aromatic carbocycles. The number of hydrogen-bond donors (Lipinski definition) is 0. The molecule has 0 unspecified atom stereocenters. The van der Waals surface area contributed by atoms with Crippen LogP contribution in [0.25, 0.3) is 5.69 Å². The van der Waals surface area contributed by atoms with Crippen LogP contribution in [0.5, 0.6) is 0 Å². The largest absolute Gasteiger partial charge is 0.367 e. The van der Waals surface area contributed by atoms with Gasteiger partial charge in [-0.2, -0.15) is 0 Å². The summed E-state index contributed by atoms with van der Waals surface area (Å²) in [5, 5.41) is 0.735. The molecule has 1 amide bonds. The molecule has 0 radical (unpaired) electrons. The lowest BCUT2D eigenvalue weighted by molar-refractivity contribution is 0.0747. The van der Waals surface area contributed by atoms with Crippen molar-refractivity contribution in [3.05, 3.63) is 83.6 Å². The SMILES string of the molecule is O=C(c1ccccc1)N1CCN(c2ccc(-n3cccc3)cc2Cl)CC1. The topological polar surface area (TPSA) is 28.5 Å². The van der Waals surface area contributed by atoms with E-state index in [1.54, 1.807) is 0 Å². The summed E-state index contributed by atoms with van der Waals surface area (Å²) >= 11 is 6.54. The number of hydrogen-bond acceptors (Lipinski definition) is 2. The van der Waals surface area contributed by atoms with Crippen molar-refractivity contribution in [3.63, 3.8) is 0 Å². The highest BCUT2D eigenvalue weighted by Gasteiger charge is 2.23. The lowest BCUT2D eigenvalue weighted by Crippen LogP contribution is -2.48. The van der Waals surface area contributed by atoms with Crippen LogP contribution in [-0.4, -0.2) is 41.6 Å². The number of rotatable bonds is 3. The predicted molar refractivity (Wildman–Crippen MR) is 105 cm³/mol. The quantitative estimate of drug-likeness (QED) is 0.699. The van der Waals surface area contributed by atoms with Crippen molar-refractivity contribution in [1.29, 1.82) is 0 Å². The van der Waals surface area contributed by atoms with Crippen molar-refractivity contribution in [1.82, 2.24) is 9.47 Å². The van der Waals surface area contributed by atoms with Gasteiger partial charge in [0.2, 0.25) is 0 Å². The Balaban J connectivity index is 1.44. The van der Waals surface area contributed by atoms with Gasteiger partial charge >= 0.3 is 0 Å². The number of halogens is 1. The monoisotopic (exact) mass is 365 g/mol. The fourth-order valence-corrected chi connectivity index (χ4v) is 3.63. The average molecular weight is 366 g/mol. The molecule has 2 heterocycles. The summed E-state index contributed by atoms with van der Waals surface area (Å²) < 4.78 is 2.03. The Hall–Kier alpha value is -2.72. The van der Waals surface area contributed by atoms with Gasteiger partial charge in [-0.1, -0.05) is 29.8 Å². The molecule has 1 aliphatic rings. The number of aromatic nitrogens is 1. The van der Waals surface area contributed by atoms with Gasteiger partial charge in [-0.25, -0.2) is 0 Å². The average Bonchev–Trinajstić information content (AvgIpc) is 3.23. The lowest BCUT2D eigenvalue weighted by atomic mass is 10.1. The van der Waals surface area contributed by atoms with Gasteiger partial charge in [0.1, 0.15) is 0 Å². The Bertz CT molecular complexity index is 885. The molecule has 0 aliphatic carbocycles. The van der Waals surface area contributed by atoms with Crippen molar-refractivity contribution >= 4 is 23.2 Å². The molecule has 0 spiro atoms. The second-order valence-electron chi connectivity index (χ2n) is 6.37. The number of nitrogens with zero attached hydrogens (tertiary/aromatic N) is 3. The predicted octanol–water partition coefficient (Wildman–Crippen LogP) is 4.09. The lowest BCUT2D eigenvalue weighted by Gasteiger charge is -2.36. The first-order valence-corrected chi connectivity index (χ1v) is 9.12. The van der Waals surface area contributed by atoms with E-state index in [1.807, 2.05) is 70.4 Å². The van der Waals surface area contributed by atoms with Gasteiger partial charge in [0, 0.05) is 49.8 Å². The fraction of sp³-hybridized carbons (Fsp3) is 0.190. The van der Waals surface area contributed by atoms with Gasteiger partial charge in [0.05, 0.1) is 10.7 Å². The molecule has 0 N–H and O–H groups in total. The second kappa shape index (κ2) is 7.26. The van der Waals surface area contributed by atoms with Crippen molar-refractivity contribution < 1.29 is 4.79 Å². The molecule has 1 aromatic heterocycles. The zero-order chi connectivity index (χ0) is 17.9. The summed E-state index contributed by atoms with van der Waals surface area (Å²) in [5.74, 6) is 0.0966. The van der Waals surface area contributed by atoms with Crippen LogP contribution in [0.3, 0.4) is 0 Å². The third-order valence-corrected chi connectivity index (χ3v) is 5.06. The maximum absolute atomic E-state index is 12.6. The molecule has 0 atom stereocenters. The van der Waals surface area contributed by atoms with Crippen LogP contribution < -0.4 is 4.90 Å². The number of carbonyl (C=O) groups is 1. The summed E-state index contributed by atoms with van der Waals surface area (Å²) in [6.45, 7) is 2.95. The number of anilines is 1. The van der Waals surface area contributed by atoms with Crippen LogP contribution in [-0.2, 0) is 0 Å². The van der Waals surface area contributed by atoms with Crippen LogP contribution in [0, 0.1) is 0 Å². The van der Waals surface area contributed by atoms with Gasteiger partial charge < -0.3 is 14.4 Å². The maximum atomic E-state index is 12.6. The number of piperazine rings is 1. The van der Waals surface area contributed by atoms with Crippen LogP contribution in [0.15, 0.2) is 73.1 Å². The van der Waals surface area contributed by atoms with Crippen molar-refractivity contribution in [2.24, 2.45) is 0 Å². The number of benzene rings is 2. The molecule has 3 aromatic rings. The van der Waals surface area contributed by atoms with Crippen LogP contribution >= 0.6 is 11.6 Å². The van der Waals surface area contributed by atoms with Crippen LogP contribution in [0.2, 0.25) is 5.02 Å². The first-order valence-electron chi connectivity index (χ1n) is 8.74. The molecule has 1 fully saturated rings. The minimum atomic E-state index is 0.0966. The van der Waals surface area contributed by atoms with Crippen molar-refractivity contribution in [2.45, 2.75) is 0 Å². The first-order chi connectivity index (χ1) is 12.7. The van der Waals surface area contributed by atoms with E-state index in [4.69, 9.17) is 11.6 Å². The van der Waals surface area contributed by atoms with Crippen molar-refractivity contribution in [2.75, 3.05) is 31.1 Å². The Labute approximate surface area is 158 Å². The van der Waals surface area contributed by atoms with Gasteiger partial charge in [-0.05, 0) is 42.5 Å². The summed E-state index contributed by atoms with van der Waals surface area (Å²) in [6.07, 6.45) is 4.00. The second-order valence-corrected chi connectivity index (χ2v) is 6.78. The van der Waals surface area contributed by atoms with E-state index in [2.05, 4.69) is 17.0 Å². The third kappa shape index (κ3) is 3.33. The molecule has 0 saturated carbocycles. The van der Waals surface area contributed by atoms with Gasteiger partial charge in [-0.15, -0.1) is 0 Å². The van der Waals surface area contributed by atoms with Gasteiger partial charge in [0.25, 0.3) is 5.91 Å². The molecular formula is C21H20ClN3O. The van der Waals surface area contributed by atoms with Crippen LogP contribution in [0.4, 0.5) is 5.69 Å². The Morgan fingerprint density at radius 3 is 2.19 bits per heavy atom. The van der Waals surface area contributed by atoms with Crippen LogP contribution in [0.1, 0.15) is 10.4 Å². The van der Waals surface area contributed by atoms with E-state index in [0.29, 0.717) is 13.1 Å². The maximum Gasteiger partial charge on any atom is 0.253 e.